The summed E-state index contributed by atoms with van der Waals surface area (Å²) >= 11 is 0. The van der Waals surface area contributed by atoms with Crippen LogP contribution in [0, 0.1) is 0 Å². The van der Waals surface area contributed by atoms with Crippen LogP contribution in [-0.2, 0) is 9.53 Å². The lowest BCUT2D eigenvalue weighted by molar-refractivity contribution is -0.143. The SMILES string of the molecule is CN(C)C(=O)COC1(CN)CCCCC1. The van der Waals surface area contributed by atoms with Crippen molar-refractivity contribution in [3.05, 3.63) is 0 Å². The molecular weight excluding hydrogens is 192 g/mol. The Kier molecular flexibility index (Phi) is 4.54. The third-order valence-corrected chi connectivity index (χ3v) is 3.14. The zero-order valence-electron chi connectivity index (χ0n) is 9.79. The van der Waals surface area contributed by atoms with E-state index in [-0.39, 0.29) is 18.1 Å². The van der Waals surface area contributed by atoms with Gasteiger partial charge in [-0.2, -0.15) is 0 Å². The monoisotopic (exact) mass is 214 g/mol. The highest BCUT2D eigenvalue weighted by Gasteiger charge is 2.32. The second-order valence-corrected chi connectivity index (χ2v) is 4.52. The lowest BCUT2D eigenvalue weighted by Crippen LogP contribution is -2.44. The van der Waals surface area contributed by atoms with Gasteiger partial charge in [0, 0.05) is 20.6 Å². The molecule has 4 heteroatoms. The van der Waals surface area contributed by atoms with Gasteiger partial charge in [0.05, 0.1) is 5.60 Å². The largest absolute Gasteiger partial charge is 0.364 e. The number of nitrogens with zero attached hydrogens (tertiary/aromatic N) is 1. The maximum absolute atomic E-state index is 11.4. The van der Waals surface area contributed by atoms with Crippen molar-refractivity contribution in [2.45, 2.75) is 37.7 Å². The Morgan fingerprint density at radius 1 is 1.33 bits per heavy atom. The van der Waals surface area contributed by atoms with E-state index in [2.05, 4.69) is 0 Å². The summed E-state index contributed by atoms with van der Waals surface area (Å²) in [6.45, 7) is 0.678. The van der Waals surface area contributed by atoms with Crippen LogP contribution in [-0.4, -0.2) is 43.7 Å². The molecule has 0 atom stereocenters. The first-order valence-corrected chi connectivity index (χ1v) is 5.64. The van der Waals surface area contributed by atoms with Crippen LogP contribution in [0.5, 0.6) is 0 Å². The molecule has 1 rings (SSSR count). The molecule has 0 radical (unpaired) electrons. The number of carbonyl (C=O) groups excluding carboxylic acids is 1. The maximum Gasteiger partial charge on any atom is 0.248 e. The number of hydrogen-bond donors (Lipinski definition) is 1. The number of hydrogen-bond acceptors (Lipinski definition) is 3. The van der Waals surface area contributed by atoms with E-state index in [4.69, 9.17) is 10.5 Å². The van der Waals surface area contributed by atoms with Gasteiger partial charge in [0.1, 0.15) is 6.61 Å². The third-order valence-electron chi connectivity index (χ3n) is 3.14. The molecule has 88 valence electrons. The van der Waals surface area contributed by atoms with Crippen molar-refractivity contribution in [1.29, 1.82) is 0 Å². The lowest BCUT2D eigenvalue weighted by atomic mass is 9.85. The summed E-state index contributed by atoms with van der Waals surface area (Å²) in [5.41, 5.74) is 5.52. The summed E-state index contributed by atoms with van der Waals surface area (Å²) in [4.78, 5) is 13.0. The van der Waals surface area contributed by atoms with Crippen LogP contribution < -0.4 is 5.73 Å². The fourth-order valence-corrected chi connectivity index (χ4v) is 1.95. The first-order chi connectivity index (χ1) is 7.09. The van der Waals surface area contributed by atoms with Gasteiger partial charge in [-0.3, -0.25) is 4.79 Å². The molecule has 1 aliphatic carbocycles. The second-order valence-electron chi connectivity index (χ2n) is 4.52. The summed E-state index contributed by atoms with van der Waals surface area (Å²) < 4.78 is 5.73. The average Bonchev–Trinajstić information content (AvgIpc) is 2.27. The average molecular weight is 214 g/mol. The van der Waals surface area contributed by atoms with Gasteiger partial charge in [0.2, 0.25) is 5.91 Å². The van der Waals surface area contributed by atoms with Crippen molar-refractivity contribution in [2.75, 3.05) is 27.2 Å². The van der Waals surface area contributed by atoms with Crippen LogP contribution in [0.15, 0.2) is 0 Å². The van der Waals surface area contributed by atoms with Crippen molar-refractivity contribution < 1.29 is 9.53 Å². The molecule has 0 aromatic rings. The highest BCUT2D eigenvalue weighted by atomic mass is 16.5. The van der Waals surface area contributed by atoms with Crippen LogP contribution in [0.2, 0.25) is 0 Å². The predicted molar refractivity (Wildman–Crippen MR) is 59.5 cm³/mol. The van der Waals surface area contributed by atoms with Gasteiger partial charge >= 0.3 is 0 Å². The van der Waals surface area contributed by atoms with E-state index in [9.17, 15) is 4.79 Å². The molecule has 1 saturated carbocycles. The number of likely N-dealkylation sites (N-methyl/N-ethyl adjacent to an activating group) is 1. The molecule has 4 nitrogen and oxygen atoms in total. The number of ether oxygens (including phenoxy) is 1. The quantitative estimate of drug-likeness (QED) is 0.751. The van der Waals surface area contributed by atoms with Crippen molar-refractivity contribution in [3.63, 3.8) is 0 Å². The minimum absolute atomic E-state index is 0.00778. The molecule has 0 unspecified atom stereocenters. The maximum atomic E-state index is 11.4. The van der Waals surface area contributed by atoms with Crippen LogP contribution in [0.3, 0.4) is 0 Å². The summed E-state index contributed by atoms with van der Waals surface area (Å²) in [5.74, 6) is 0.00778. The first kappa shape index (κ1) is 12.5. The number of amides is 1. The molecule has 0 saturated heterocycles. The van der Waals surface area contributed by atoms with E-state index >= 15 is 0 Å². The molecule has 0 heterocycles. The van der Waals surface area contributed by atoms with Crippen molar-refractivity contribution in [1.82, 2.24) is 4.90 Å². The smallest absolute Gasteiger partial charge is 0.248 e. The van der Waals surface area contributed by atoms with Gasteiger partial charge in [-0.25, -0.2) is 0 Å². The Balaban J connectivity index is 2.42. The predicted octanol–water partition coefficient (Wildman–Crippen LogP) is 0.753. The Labute approximate surface area is 91.8 Å². The van der Waals surface area contributed by atoms with E-state index in [1.807, 2.05) is 0 Å². The first-order valence-electron chi connectivity index (χ1n) is 5.64. The fraction of sp³-hybridized carbons (Fsp3) is 0.909. The highest BCUT2D eigenvalue weighted by Crippen LogP contribution is 2.30. The Hall–Kier alpha value is -0.610. The van der Waals surface area contributed by atoms with E-state index in [1.165, 1.54) is 6.42 Å². The Morgan fingerprint density at radius 2 is 1.93 bits per heavy atom. The van der Waals surface area contributed by atoms with Crippen molar-refractivity contribution in [3.8, 4) is 0 Å². The van der Waals surface area contributed by atoms with Crippen molar-refractivity contribution >= 4 is 5.91 Å². The molecule has 0 aliphatic heterocycles. The minimum atomic E-state index is -0.232. The zero-order chi connectivity index (χ0) is 11.3. The van der Waals surface area contributed by atoms with Crippen LogP contribution >= 0.6 is 0 Å². The molecular formula is C11H22N2O2. The molecule has 0 aromatic carbocycles. The minimum Gasteiger partial charge on any atom is -0.364 e. The second kappa shape index (κ2) is 5.47. The summed E-state index contributed by atoms with van der Waals surface area (Å²) in [5, 5.41) is 0. The Bertz CT molecular complexity index is 211. The Morgan fingerprint density at radius 3 is 2.40 bits per heavy atom. The number of rotatable bonds is 4. The molecule has 0 aromatic heterocycles. The normalized spacial score (nSPS) is 19.9. The number of nitrogens with two attached hydrogens (primary N) is 1. The van der Waals surface area contributed by atoms with E-state index in [0.29, 0.717) is 6.54 Å². The van der Waals surface area contributed by atoms with Crippen molar-refractivity contribution in [2.24, 2.45) is 5.73 Å². The standard InChI is InChI=1S/C11H22N2O2/c1-13(2)10(14)8-15-11(9-12)6-4-3-5-7-11/h3-9,12H2,1-2H3. The van der Waals surface area contributed by atoms with Crippen LogP contribution in [0.1, 0.15) is 32.1 Å². The van der Waals surface area contributed by atoms with Gasteiger partial charge in [-0.05, 0) is 12.8 Å². The van der Waals surface area contributed by atoms with Gasteiger partial charge < -0.3 is 15.4 Å². The molecule has 1 fully saturated rings. The summed E-state index contributed by atoms with van der Waals surface area (Å²) in [6.07, 6.45) is 5.56. The highest BCUT2D eigenvalue weighted by molar-refractivity contribution is 5.76. The third kappa shape index (κ3) is 3.47. The molecule has 15 heavy (non-hydrogen) atoms. The molecule has 0 bridgehead atoms. The summed E-state index contributed by atoms with van der Waals surface area (Å²) in [6, 6.07) is 0. The topological polar surface area (TPSA) is 55.6 Å². The fourth-order valence-electron chi connectivity index (χ4n) is 1.95. The van der Waals surface area contributed by atoms with Gasteiger partial charge in [0.25, 0.3) is 0 Å². The van der Waals surface area contributed by atoms with Gasteiger partial charge in [-0.1, -0.05) is 19.3 Å². The number of carbonyl (C=O) groups is 1. The van der Waals surface area contributed by atoms with E-state index in [1.54, 1.807) is 19.0 Å². The zero-order valence-corrected chi connectivity index (χ0v) is 9.79. The van der Waals surface area contributed by atoms with Crippen LogP contribution in [0.25, 0.3) is 0 Å². The molecule has 1 aliphatic rings. The lowest BCUT2D eigenvalue weighted by Gasteiger charge is -2.36. The molecule has 2 N–H and O–H groups in total. The van der Waals surface area contributed by atoms with Gasteiger partial charge in [-0.15, -0.1) is 0 Å². The van der Waals surface area contributed by atoms with Crippen LogP contribution in [0.4, 0.5) is 0 Å². The molecule has 0 spiro atoms. The van der Waals surface area contributed by atoms with Gasteiger partial charge in [0.15, 0.2) is 0 Å². The molecule has 1 amide bonds. The summed E-state index contributed by atoms with van der Waals surface area (Å²) in [7, 11) is 3.48. The van der Waals surface area contributed by atoms with E-state index < -0.39 is 0 Å². The van der Waals surface area contributed by atoms with E-state index in [0.717, 1.165) is 25.7 Å².